The third-order valence-corrected chi connectivity index (χ3v) is 4.41. The summed E-state index contributed by atoms with van der Waals surface area (Å²) in [5, 5.41) is 3.57. The molecule has 2 atom stereocenters. The molecule has 1 aliphatic heterocycles. The highest BCUT2D eigenvalue weighted by Gasteiger charge is 2.24. The van der Waals surface area contributed by atoms with Crippen molar-refractivity contribution >= 4 is 5.91 Å². The molecule has 0 radical (unpaired) electrons. The Morgan fingerprint density at radius 2 is 2.05 bits per heavy atom. The molecule has 1 saturated heterocycles. The fourth-order valence-corrected chi connectivity index (χ4v) is 3.12. The number of hydrogen-bond acceptors (Lipinski definition) is 2. The SMILES string of the molecule is CCCCC(CC)C(=O)N(CCC)CC1CCCCN1. The molecule has 0 aromatic heterocycles. The maximum absolute atomic E-state index is 12.7. The molecule has 0 aromatic carbocycles. The van der Waals surface area contributed by atoms with E-state index in [1.165, 1.54) is 32.1 Å². The van der Waals surface area contributed by atoms with Gasteiger partial charge in [-0.3, -0.25) is 4.79 Å². The molecule has 3 nitrogen and oxygen atoms in total. The molecule has 20 heavy (non-hydrogen) atoms. The average Bonchev–Trinajstić information content (AvgIpc) is 2.48. The standard InChI is InChI=1S/C17H34N2O/c1-4-7-10-15(6-3)17(20)19(13-5-2)14-16-11-8-9-12-18-16/h15-16,18H,4-14H2,1-3H3. The first-order valence-corrected chi connectivity index (χ1v) is 8.75. The van der Waals surface area contributed by atoms with E-state index in [4.69, 9.17) is 0 Å². The third-order valence-electron chi connectivity index (χ3n) is 4.41. The zero-order valence-corrected chi connectivity index (χ0v) is 13.8. The summed E-state index contributed by atoms with van der Waals surface area (Å²) in [6.45, 7) is 9.47. The molecule has 0 aromatic rings. The number of piperidine rings is 1. The van der Waals surface area contributed by atoms with Gasteiger partial charge in [-0.1, -0.05) is 40.0 Å². The maximum Gasteiger partial charge on any atom is 0.225 e. The van der Waals surface area contributed by atoms with Gasteiger partial charge in [0, 0.05) is 25.0 Å². The zero-order valence-electron chi connectivity index (χ0n) is 13.8. The van der Waals surface area contributed by atoms with Gasteiger partial charge in [-0.05, 0) is 38.6 Å². The first-order valence-electron chi connectivity index (χ1n) is 8.75. The van der Waals surface area contributed by atoms with E-state index in [0.29, 0.717) is 11.9 Å². The molecule has 0 spiro atoms. The van der Waals surface area contributed by atoms with E-state index in [1.807, 2.05) is 0 Å². The number of unbranched alkanes of at least 4 members (excludes halogenated alkanes) is 1. The molecule has 1 rings (SSSR count). The Labute approximate surface area is 125 Å². The monoisotopic (exact) mass is 282 g/mol. The number of carbonyl (C=O) groups is 1. The van der Waals surface area contributed by atoms with Crippen LogP contribution in [0.1, 0.15) is 72.1 Å². The van der Waals surface area contributed by atoms with Gasteiger partial charge < -0.3 is 10.2 Å². The van der Waals surface area contributed by atoms with Gasteiger partial charge in [-0.2, -0.15) is 0 Å². The molecule has 1 amide bonds. The molecule has 0 saturated carbocycles. The van der Waals surface area contributed by atoms with Gasteiger partial charge in [0.15, 0.2) is 0 Å². The second-order valence-corrected chi connectivity index (χ2v) is 6.18. The Morgan fingerprint density at radius 3 is 2.60 bits per heavy atom. The lowest BCUT2D eigenvalue weighted by Gasteiger charge is -2.32. The Hall–Kier alpha value is -0.570. The van der Waals surface area contributed by atoms with Crippen LogP contribution in [0.2, 0.25) is 0 Å². The molecule has 1 fully saturated rings. The lowest BCUT2D eigenvalue weighted by atomic mass is 9.96. The summed E-state index contributed by atoms with van der Waals surface area (Å²) >= 11 is 0. The number of rotatable bonds is 9. The van der Waals surface area contributed by atoms with Crippen LogP contribution in [0.5, 0.6) is 0 Å². The predicted octanol–water partition coefficient (Wildman–Crippen LogP) is 3.58. The Kier molecular flexibility index (Phi) is 8.92. The molecule has 3 heteroatoms. The van der Waals surface area contributed by atoms with E-state index in [2.05, 4.69) is 31.0 Å². The third kappa shape index (κ3) is 5.82. The molecule has 0 aliphatic carbocycles. The summed E-state index contributed by atoms with van der Waals surface area (Å²) in [6.07, 6.45) is 9.27. The number of amides is 1. The van der Waals surface area contributed by atoms with Gasteiger partial charge >= 0.3 is 0 Å². The van der Waals surface area contributed by atoms with Gasteiger partial charge in [0.2, 0.25) is 5.91 Å². The molecule has 118 valence electrons. The molecule has 1 aliphatic rings. The summed E-state index contributed by atoms with van der Waals surface area (Å²) < 4.78 is 0. The van der Waals surface area contributed by atoms with E-state index >= 15 is 0 Å². The second-order valence-electron chi connectivity index (χ2n) is 6.18. The van der Waals surface area contributed by atoms with Crippen molar-refractivity contribution in [3.8, 4) is 0 Å². The summed E-state index contributed by atoms with van der Waals surface area (Å²) in [4.78, 5) is 14.9. The summed E-state index contributed by atoms with van der Waals surface area (Å²) in [5.74, 6) is 0.639. The second kappa shape index (κ2) is 10.2. The highest BCUT2D eigenvalue weighted by atomic mass is 16.2. The van der Waals surface area contributed by atoms with E-state index in [9.17, 15) is 4.79 Å². The first-order chi connectivity index (χ1) is 9.72. The number of hydrogen-bond donors (Lipinski definition) is 1. The predicted molar refractivity (Wildman–Crippen MR) is 85.8 cm³/mol. The molecule has 1 heterocycles. The van der Waals surface area contributed by atoms with Crippen molar-refractivity contribution in [2.45, 2.75) is 78.2 Å². The summed E-state index contributed by atoms with van der Waals surface area (Å²) in [5.41, 5.74) is 0. The van der Waals surface area contributed by atoms with E-state index in [1.54, 1.807) is 0 Å². The van der Waals surface area contributed by atoms with E-state index in [-0.39, 0.29) is 5.92 Å². The minimum atomic E-state index is 0.241. The van der Waals surface area contributed by atoms with Crippen LogP contribution in [-0.2, 0) is 4.79 Å². The minimum Gasteiger partial charge on any atom is -0.341 e. The van der Waals surface area contributed by atoms with Crippen LogP contribution < -0.4 is 5.32 Å². The highest BCUT2D eigenvalue weighted by molar-refractivity contribution is 5.78. The van der Waals surface area contributed by atoms with Crippen molar-refractivity contribution in [2.75, 3.05) is 19.6 Å². The minimum absolute atomic E-state index is 0.241. The largest absolute Gasteiger partial charge is 0.341 e. The molecular weight excluding hydrogens is 248 g/mol. The van der Waals surface area contributed by atoms with Crippen molar-refractivity contribution in [1.29, 1.82) is 0 Å². The van der Waals surface area contributed by atoms with Gasteiger partial charge in [-0.15, -0.1) is 0 Å². The van der Waals surface area contributed by atoms with E-state index < -0.39 is 0 Å². The number of carbonyl (C=O) groups excluding carboxylic acids is 1. The van der Waals surface area contributed by atoms with Crippen LogP contribution in [0.25, 0.3) is 0 Å². The van der Waals surface area contributed by atoms with Crippen molar-refractivity contribution in [1.82, 2.24) is 10.2 Å². The van der Waals surface area contributed by atoms with Crippen molar-refractivity contribution < 1.29 is 4.79 Å². The fourth-order valence-electron chi connectivity index (χ4n) is 3.12. The summed E-state index contributed by atoms with van der Waals surface area (Å²) in [6, 6.07) is 0.517. The Morgan fingerprint density at radius 1 is 1.25 bits per heavy atom. The Balaban J connectivity index is 2.54. The van der Waals surface area contributed by atoms with Crippen LogP contribution in [0.4, 0.5) is 0 Å². The van der Waals surface area contributed by atoms with Gasteiger partial charge in [-0.25, -0.2) is 0 Å². The van der Waals surface area contributed by atoms with Crippen molar-refractivity contribution in [3.05, 3.63) is 0 Å². The molecule has 0 bridgehead atoms. The van der Waals surface area contributed by atoms with Crippen LogP contribution in [0, 0.1) is 5.92 Å². The quantitative estimate of drug-likeness (QED) is 0.701. The topological polar surface area (TPSA) is 32.3 Å². The Bertz CT molecular complexity index is 262. The normalized spacial score (nSPS) is 20.6. The number of nitrogens with zero attached hydrogens (tertiary/aromatic N) is 1. The van der Waals surface area contributed by atoms with Crippen LogP contribution in [0.3, 0.4) is 0 Å². The first kappa shape index (κ1) is 17.5. The summed E-state index contributed by atoms with van der Waals surface area (Å²) in [7, 11) is 0. The van der Waals surface area contributed by atoms with Gasteiger partial charge in [0.1, 0.15) is 0 Å². The smallest absolute Gasteiger partial charge is 0.225 e. The van der Waals surface area contributed by atoms with Crippen molar-refractivity contribution in [3.63, 3.8) is 0 Å². The zero-order chi connectivity index (χ0) is 14.8. The lowest BCUT2D eigenvalue weighted by molar-refractivity contribution is -0.136. The number of nitrogens with one attached hydrogen (secondary N) is 1. The van der Waals surface area contributed by atoms with Crippen LogP contribution in [0.15, 0.2) is 0 Å². The van der Waals surface area contributed by atoms with Gasteiger partial charge in [0.25, 0.3) is 0 Å². The highest BCUT2D eigenvalue weighted by Crippen LogP contribution is 2.18. The maximum atomic E-state index is 12.7. The van der Waals surface area contributed by atoms with Crippen LogP contribution in [-0.4, -0.2) is 36.5 Å². The van der Waals surface area contributed by atoms with E-state index in [0.717, 1.165) is 38.9 Å². The fraction of sp³-hybridized carbons (Fsp3) is 0.941. The van der Waals surface area contributed by atoms with Crippen LogP contribution >= 0.6 is 0 Å². The van der Waals surface area contributed by atoms with Gasteiger partial charge in [0.05, 0.1) is 0 Å². The molecular formula is C17H34N2O. The molecule has 1 N–H and O–H groups in total. The molecule has 2 unspecified atom stereocenters. The average molecular weight is 282 g/mol. The lowest BCUT2D eigenvalue weighted by Crippen LogP contribution is -2.47. The van der Waals surface area contributed by atoms with Crippen molar-refractivity contribution in [2.24, 2.45) is 5.92 Å².